The molecule has 1 saturated heterocycles. The van der Waals surface area contributed by atoms with Gasteiger partial charge in [-0.2, -0.15) is 0 Å². The fourth-order valence-electron chi connectivity index (χ4n) is 3.04. The maximum atomic E-state index is 13.9. The highest BCUT2D eigenvalue weighted by Crippen LogP contribution is 2.31. The van der Waals surface area contributed by atoms with E-state index in [1.807, 2.05) is 6.92 Å². The highest BCUT2D eigenvalue weighted by molar-refractivity contribution is 5.90. The summed E-state index contributed by atoms with van der Waals surface area (Å²) in [5, 5.41) is 0.741. The summed E-state index contributed by atoms with van der Waals surface area (Å²) in [5.41, 5.74) is 0.533. The van der Waals surface area contributed by atoms with Crippen LogP contribution in [0, 0.1) is 11.7 Å². The van der Waals surface area contributed by atoms with E-state index in [-0.39, 0.29) is 17.6 Å². The smallest absolute Gasteiger partial charge is 0.309 e. The highest BCUT2D eigenvalue weighted by Gasteiger charge is 2.27. The molecule has 0 aliphatic carbocycles. The molecule has 2 aromatic rings. The van der Waals surface area contributed by atoms with E-state index in [9.17, 15) is 9.18 Å². The molecule has 3 rings (SSSR count). The first-order valence-electron chi connectivity index (χ1n) is 8.03. The minimum Gasteiger partial charge on any atom is -0.494 e. The van der Waals surface area contributed by atoms with Crippen LogP contribution in [-0.2, 0) is 9.53 Å². The van der Waals surface area contributed by atoms with Gasteiger partial charge in [-0.15, -0.1) is 0 Å². The van der Waals surface area contributed by atoms with Gasteiger partial charge in [0.25, 0.3) is 0 Å². The number of ether oxygens (including phenoxy) is 2. The van der Waals surface area contributed by atoms with Crippen molar-refractivity contribution in [2.45, 2.75) is 19.8 Å². The minimum atomic E-state index is -0.448. The van der Waals surface area contributed by atoms with Crippen molar-refractivity contribution >= 4 is 22.7 Å². The maximum Gasteiger partial charge on any atom is 0.309 e. The third-order valence-corrected chi connectivity index (χ3v) is 4.30. The number of piperidine rings is 1. The standard InChI is InChI=1S/C17H20FN3O3/c1-3-24-17(22)11-4-6-21(7-5-11)16-12-8-15(23-2)13(18)9-14(12)19-10-20-16/h8-11H,3-7H2,1-2H3. The second-order valence-electron chi connectivity index (χ2n) is 5.71. The SMILES string of the molecule is CCOC(=O)C1CCN(c2ncnc3cc(F)c(OC)cc23)CC1. The number of hydrogen-bond donors (Lipinski definition) is 0. The molecular weight excluding hydrogens is 313 g/mol. The summed E-state index contributed by atoms with van der Waals surface area (Å²) < 4.78 is 24.0. The molecule has 24 heavy (non-hydrogen) atoms. The molecule has 1 aliphatic rings. The van der Waals surface area contributed by atoms with Crippen LogP contribution in [0.5, 0.6) is 5.75 Å². The van der Waals surface area contributed by atoms with Crippen molar-refractivity contribution in [2.24, 2.45) is 5.92 Å². The highest BCUT2D eigenvalue weighted by atomic mass is 19.1. The largest absolute Gasteiger partial charge is 0.494 e. The van der Waals surface area contributed by atoms with Crippen LogP contribution in [0.15, 0.2) is 18.5 Å². The number of carbonyl (C=O) groups is 1. The van der Waals surface area contributed by atoms with Crippen LogP contribution in [0.2, 0.25) is 0 Å². The number of halogens is 1. The summed E-state index contributed by atoms with van der Waals surface area (Å²) in [4.78, 5) is 22.4. The van der Waals surface area contributed by atoms with Crippen LogP contribution in [-0.4, -0.2) is 42.7 Å². The third kappa shape index (κ3) is 3.11. The lowest BCUT2D eigenvalue weighted by Crippen LogP contribution is -2.37. The first-order chi connectivity index (χ1) is 11.6. The Morgan fingerprint density at radius 3 is 2.75 bits per heavy atom. The molecule has 0 amide bonds. The van der Waals surface area contributed by atoms with Gasteiger partial charge in [0.2, 0.25) is 0 Å². The monoisotopic (exact) mass is 333 g/mol. The quantitative estimate of drug-likeness (QED) is 0.801. The number of methoxy groups -OCH3 is 1. The topological polar surface area (TPSA) is 64.5 Å². The molecule has 7 heteroatoms. The van der Waals surface area contributed by atoms with Gasteiger partial charge in [-0.25, -0.2) is 14.4 Å². The lowest BCUT2D eigenvalue weighted by atomic mass is 9.97. The second-order valence-corrected chi connectivity index (χ2v) is 5.71. The van der Waals surface area contributed by atoms with E-state index in [2.05, 4.69) is 14.9 Å². The Labute approximate surface area is 139 Å². The van der Waals surface area contributed by atoms with E-state index < -0.39 is 5.82 Å². The van der Waals surface area contributed by atoms with E-state index in [0.717, 1.165) is 11.2 Å². The first kappa shape index (κ1) is 16.4. The Balaban J connectivity index is 1.84. The number of esters is 1. The van der Waals surface area contributed by atoms with Gasteiger partial charge in [0.05, 0.1) is 25.2 Å². The zero-order valence-corrected chi connectivity index (χ0v) is 13.8. The molecule has 0 atom stereocenters. The number of rotatable bonds is 4. The molecule has 2 heterocycles. The molecule has 0 bridgehead atoms. The molecule has 0 N–H and O–H groups in total. The maximum absolute atomic E-state index is 13.9. The van der Waals surface area contributed by atoms with Crippen LogP contribution < -0.4 is 9.64 Å². The van der Waals surface area contributed by atoms with Gasteiger partial charge in [-0.1, -0.05) is 0 Å². The summed E-state index contributed by atoms with van der Waals surface area (Å²) in [6.45, 7) is 3.60. The third-order valence-electron chi connectivity index (χ3n) is 4.30. The minimum absolute atomic E-state index is 0.0683. The number of benzene rings is 1. The Morgan fingerprint density at radius 1 is 1.33 bits per heavy atom. The van der Waals surface area contributed by atoms with Crippen molar-refractivity contribution in [1.29, 1.82) is 0 Å². The van der Waals surface area contributed by atoms with Crippen LogP contribution in [0.1, 0.15) is 19.8 Å². The molecule has 128 valence electrons. The summed E-state index contributed by atoms with van der Waals surface area (Å²) in [6.07, 6.45) is 2.85. The molecule has 0 spiro atoms. The van der Waals surface area contributed by atoms with E-state index in [1.54, 1.807) is 6.07 Å². The average Bonchev–Trinajstić information content (AvgIpc) is 2.61. The van der Waals surface area contributed by atoms with Crippen LogP contribution in [0.4, 0.5) is 10.2 Å². The van der Waals surface area contributed by atoms with Gasteiger partial charge in [-0.3, -0.25) is 4.79 Å². The molecule has 1 fully saturated rings. The van der Waals surface area contributed by atoms with Crippen LogP contribution in [0.25, 0.3) is 10.9 Å². The lowest BCUT2D eigenvalue weighted by Gasteiger charge is -2.32. The Morgan fingerprint density at radius 2 is 2.08 bits per heavy atom. The summed E-state index contributed by atoms with van der Waals surface area (Å²) >= 11 is 0. The summed E-state index contributed by atoms with van der Waals surface area (Å²) in [6, 6.07) is 2.97. The van der Waals surface area contributed by atoms with E-state index in [1.165, 1.54) is 19.5 Å². The fraction of sp³-hybridized carbons (Fsp3) is 0.471. The summed E-state index contributed by atoms with van der Waals surface area (Å²) in [7, 11) is 1.43. The van der Waals surface area contributed by atoms with Crippen molar-refractivity contribution in [3.63, 3.8) is 0 Å². The molecular formula is C17H20FN3O3. The number of hydrogen-bond acceptors (Lipinski definition) is 6. The van der Waals surface area contributed by atoms with E-state index in [4.69, 9.17) is 9.47 Å². The van der Waals surface area contributed by atoms with Crippen LogP contribution >= 0.6 is 0 Å². The normalized spacial score (nSPS) is 15.5. The van der Waals surface area contributed by atoms with Crippen molar-refractivity contribution in [2.75, 3.05) is 31.7 Å². The van der Waals surface area contributed by atoms with Gasteiger partial charge in [0.15, 0.2) is 11.6 Å². The fourth-order valence-corrected chi connectivity index (χ4v) is 3.04. The Hall–Kier alpha value is -2.44. The number of aromatic nitrogens is 2. The number of anilines is 1. The molecule has 0 saturated carbocycles. The van der Waals surface area contributed by atoms with Crippen molar-refractivity contribution in [1.82, 2.24) is 9.97 Å². The molecule has 0 unspecified atom stereocenters. The van der Waals surface area contributed by atoms with Gasteiger partial charge in [-0.05, 0) is 25.8 Å². The Kier molecular flexibility index (Phi) is 4.78. The Bertz CT molecular complexity index is 745. The number of fused-ring (bicyclic) bond motifs is 1. The molecule has 1 aromatic carbocycles. The predicted molar refractivity (Wildman–Crippen MR) is 87.6 cm³/mol. The van der Waals surface area contributed by atoms with Crippen molar-refractivity contribution in [3.05, 3.63) is 24.3 Å². The van der Waals surface area contributed by atoms with Crippen molar-refractivity contribution < 1.29 is 18.7 Å². The molecule has 6 nitrogen and oxygen atoms in total. The van der Waals surface area contributed by atoms with Crippen molar-refractivity contribution in [3.8, 4) is 5.75 Å². The van der Waals surface area contributed by atoms with Gasteiger partial charge in [0.1, 0.15) is 12.1 Å². The average molecular weight is 333 g/mol. The first-order valence-corrected chi connectivity index (χ1v) is 8.03. The van der Waals surface area contributed by atoms with Gasteiger partial charge < -0.3 is 14.4 Å². The van der Waals surface area contributed by atoms with Gasteiger partial charge in [0, 0.05) is 24.5 Å². The second kappa shape index (κ2) is 6.98. The predicted octanol–water partition coefficient (Wildman–Crippen LogP) is 2.56. The van der Waals surface area contributed by atoms with Crippen LogP contribution in [0.3, 0.4) is 0 Å². The summed E-state index contributed by atoms with van der Waals surface area (Å²) in [5.74, 6) is 0.256. The molecule has 0 radical (unpaired) electrons. The zero-order valence-electron chi connectivity index (χ0n) is 13.8. The zero-order chi connectivity index (χ0) is 17.1. The lowest BCUT2D eigenvalue weighted by molar-refractivity contribution is -0.148. The van der Waals surface area contributed by atoms with E-state index in [0.29, 0.717) is 38.1 Å². The number of nitrogens with zero attached hydrogens (tertiary/aromatic N) is 3. The van der Waals surface area contributed by atoms with Gasteiger partial charge >= 0.3 is 5.97 Å². The molecule has 1 aliphatic heterocycles. The van der Waals surface area contributed by atoms with E-state index >= 15 is 0 Å². The number of carbonyl (C=O) groups excluding carboxylic acids is 1. The molecule has 1 aromatic heterocycles.